The van der Waals surface area contributed by atoms with Crippen LogP contribution in [0.25, 0.3) is 10.2 Å². The molecule has 23 heavy (non-hydrogen) atoms. The third-order valence-electron chi connectivity index (χ3n) is 3.64. The van der Waals surface area contributed by atoms with E-state index in [0.717, 1.165) is 15.1 Å². The average molecular weight is 342 g/mol. The summed E-state index contributed by atoms with van der Waals surface area (Å²) in [6.45, 7) is 4.30. The van der Waals surface area contributed by atoms with Crippen LogP contribution in [0.1, 0.15) is 35.7 Å². The van der Waals surface area contributed by atoms with Gasteiger partial charge in [-0.05, 0) is 48.1 Å². The molecule has 3 nitrogen and oxygen atoms in total. The van der Waals surface area contributed by atoms with Crippen LogP contribution in [-0.4, -0.2) is 17.1 Å². The van der Waals surface area contributed by atoms with Gasteiger partial charge in [-0.3, -0.25) is 10.1 Å². The number of nitrogens with one attached hydrogen (secondary N) is 1. The fourth-order valence-electron chi connectivity index (χ4n) is 2.40. The Labute approximate surface area is 144 Å². The number of anilines is 1. The highest BCUT2D eigenvalue weighted by molar-refractivity contribution is 7.98. The molecule has 0 unspecified atom stereocenters. The predicted octanol–water partition coefficient (Wildman–Crippen LogP) is 5.39. The smallest absolute Gasteiger partial charge is 0.257 e. The minimum absolute atomic E-state index is 0.122. The minimum Gasteiger partial charge on any atom is -0.298 e. The Hall–Kier alpha value is -1.85. The molecule has 0 radical (unpaired) electrons. The quantitative estimate of drug-likeness (QED) is 0.646. The van der Waals surface area contributed by atoms with E-state index in [2.05, 4.69) is 30.2 Å². The maximum Gasteiger partial charge on any atom is 0.257 e. The van der Waals surface area contributed by atoms with Gasteiger partial charge in [-0.25, -0.2) is 4.98 Å². The number of thiazole rings is 1. The summed E-state index contributed by atoms with van der Waals surface area (Å²) in [5, 5.41) is 3.56. The van der Waals surface area contributed by atoms with Crippen LogP contribution >= 0.6 is 23.1 Å². The third kappa shape index (κ3) is 3.41. The number of carbonyl (C=O) groups excluding carboxylic acids is 1. The van der Waals surface area contributed by atoms with Gasteiger partial charge in [0.1, 0.15) is 0 Å². The summed E-state index contributed by atoms with van der Waals surface area (Å²) in [5.74, 6) is 0.284. The van der Waals surface area contributed by atoms with E-state index in [4.69, 9.17) is 0 Å². The number of amides is 1. The molecule has 2 aromatic carbocycles. The van der Waals surface area contributed by atoms with Gasteiger partial charge in [0, 0.05) is 10.5 Å². The van der Waals surface area contributed by atoms with Gasteiger partial charge < -0.3 is 0 Å². The van der Waals surface area contributed by atoms with Crippen LogP contribution in [0.4, 0.5) is 5.13 Å². The van der Waals surface area contributed by atoms with E-state index in [9.17, 15) is 4.79 Å². The molecule has 118 valence electrons. The van der Waals surface area contributed by atoms with Gasteiger partial charge in [0.25, 0.3) is 5.91 Å². The van der Waals surface area contributed by atoms with Crippen molar-refractivity contribution in [3.05, 3.63) is 53.6 Å². The molecule has 5 heteroatoms. The molecule has 0 spiro atoms. The summed E-state index contributed by atoms with van der Waals surface area (Å²) >= 11 is 3.17. The molecule has 1 N–H and O–H groups in total. The third-order valence-corrected chi connectivity index (χ3v) is 5.32. The lowest BCUT2D eigenvalue weighted by molar-refractivity contribution is 0.102. The molecule has 1 heterocycles. The molecular formula is C18H18N2OS2. The van der Waals surface area contributed by atoms with Crippen molar-refractivity contribution in [2.24, 2.45) is 0 Å². The van der Waals surface area contributed by atoms with Gasteiger partial charge in [-0.15, -0.1) is 11.8 Å². The summed E-state index contributed by atoms with van der Waals surface area (Å²) in [4.78, 5) is 18.1. The highest BCUT2D eigenvalue weighted by Gasteiger charge is 2.13. The second-order valence-electron chi connectivity index (χ2n) is 5.55. The largest absolute Gasteiger partial charge is 0.298 e. The number of hydrogen-bond donors (Lipinski definition) is 1. The number of fused-ring (bicyclic) bond motifs is 1. The van der Waals surface area contributed by atoms with Crippen molar-refractivity contribution in [1.82, 2.24) is 4.98 Å². The summed E-state index contributed by atoms with van der Waals surface area (Å²) in [7, 11) is 0. The Morgan fingerprint density at radius 2 is 1.91 bits per heavy atom. The normalized spacial score (nSPS) is 11.1. The number of para-hydroxylation sites is 1. The van der Waals surface area contributed by atoms with Crippen molar-refractivity contribution in [2.45, 2.75) is 24.7 Å². The lowest BCUT2D eigenvalue weighted by atomic mass is 10.0. The summed E-state index contributed by atoms with van der Waals surface area (Å²) < 4.78 is 1.10. The Kier molecular flexibility index (Phi) is 4.68. The molecule has 0 bridgehead atoms. The highest BCUT2D eigenvalue weighted by Crippen LogP contribution is 2.31. The fraction of sp³-hybridized carbons (Fsp3) is 0.222. The Morgan fingerprint density at radius 1 is 1.17 bits per heavy atom. The maximum absolute atomic E-state index is 12.4. The van der Waals surface area contributed by atoms with Crippen LogP contribution < -0.4 is 5.32 Å². The summed E-state index contributed by atoms with van der Waals surface area (Å²) in [6.07, 6.45) is 2.02. The van der Waals surface area contributed by atoms with E-state index >= 15 is 0 Å². The number of nitrogens with zero attached hydrogens (tertiary/aromatic N) is 1. The van der Waals surface area contributed by atoms with Crippen LogP contribution in [0.5, 0.6) is 0 Å². The van der Waals surface area contributed by atoms with E-state index in [1.807, 2.05) is 42.7 Å². The highest BCUT2D eigenvalue weighted by atomic mass is 32.2. The van der Waals surface area contributed by atoms with Crippen molar-refractivity contribution >= 4 is 44.4 Å². The number of carbonyl (C=O) groups is 1. The van der Waals surface area contributed by atoms with Gasteiger partial charge in [0.2, 0.25) is 0 Å². The first-order valence-electron chi connectivity index (χ1n) is 7.43. The average Bonchev–Trinajstić information content (AvgIpc) is 2.96. The maximum atomic E-state index is 12.4. The molecule has 1 amide bonds. The molecule has 0 saturated carbocycles. The van der Waals surface area contributed by atoms with Gasteiger partial charge >= 0.3 is 0 Å². The van der Waals surface area contributed by atoms with E-state index in [1.54, 1.807) is 11.8 Å². The van der Waals surface area contributed by atoms with Crippen molar-refractivity contribution in [3.63, 3.8) is 0 Å². The van der Waals surface area contributed by atoms with Crippen LogP contribution in [0.15, 0.2) is 47.4 Å². The fourth-order valence-corrected chi connectivity index (χ4v) is 3.70. The topological polar surface area (TPSA) is 42.0 Å². The zero-order valence-corrected chi connectivity index (χ0v) is 14.9. The van der Waals surface area contributed by atoms with Crippen LogP contribution in [0, 0.1) is 0 Å². The van der Waals surface area contributed by atoms with Gasteiger partial charge in [-0.2, -0.15) is 0 Å². The van der Waals surface area contributed by atoms with E-state index < -0.39 is 0 Å². The second kappa shape index (κ2) is 6.72. The molecule has 0 saturated heterocycles. The number of aromatic nitrogens is 1. The number of rotatable bonds is 4. The van der Waals surface area contributed by atoms with E-state index in [1.165, 1.54) is 16.9 Å². The summed E-state index contributed by atoms with van der Waals surface area (Å²) in [6, 6.07) is 13.8. The van der Waals surface area contributed by atoms with Gasteiger partial charge in [0.05, 0.1) is 10.2 Å². The Bertz CT molecular complexity index is 838. The van der Waals surface area contributed by atoms with E-state index in [-0.39, 0.29) is 5.91 Å². The number of thioether (sulfide) groups is 1. The molecular weight excluding hydrogens is 324 g/mol. The van der Waals surface area contributed by atoms with E-state index in [0.29, 0.717) is 16.6 Å². The monoisotopic (exact) mass is 342 g/mol. The molecule has 0 atom stereocenters. The lowest BCUT2D eigenvalue weighted by Crippen LogP contribution is -2.11. The van der Waals surface area contributed by atoms with Crippen molar-refractivity contribution < 1.29 is 4.79 Å². The molecule has 0 aliphatic rings. The Morgan fingerprint density at radius 3 is 2.57 bits per heavy atom. The zero-order valence-electron chi connectivity index (χ0n) is 13.3. The van der Waals surface area contributed by atoms with Crippen molar-refractivity contribution in [2.75, 3.05) is 11.6 Å². The second-order valence-corrected chi connectivity index (χ2v) is 7.46. The molecule has 3 aromatic rings. The first-order chi connectivity index (χ1) is 11.1. The molecule has 3 rings (SSSR count). The number of benzene rings is 2. The summed E-state index contributed by atoms with van der Waals surface area (Å²) in [5.41, 5.74) is 2.84. The molecule has 1 aromatic heterocycles. The Balaban J connectivity index is 1.86. The minimum atomic E-state index is -0.122. The predicted molar refractivity (Wildman–Crippen MR) is 99.9 cm³/mol. The molecule has 0 aliphatic carbocycles. The zero-order chi connectivity index (χ0) is 16.4. The SMILES string of the molecule is CSc1ccc(C(=O)Nc2nc3c(C(C)C)cccc3s2)cc1. The molecule has 0 aliphatic heterocycles. The van der Waals surface area contributed by atoms with Crippen molar-refractivity contribution in [1.29, 1.82) is 0 Å². The first kappa shape index (κ1) is 16.0. The van der Waals surface area contributed by atoms with Crippen molar-refractivity contribution in [3.8, 4) is 0 Å². The molecule has 0 fully saturated rings. The van der Waals surface area contributed by atoms with Gasteiger partial charge in [-0.1, -0.05) is 37.3 Å². The number of hydrogen-bond acceptors (Lipinski definition) is 4. The van der Waals surface area contributed by atoms with Crippen LogP contribution in [0.2, 0.25) is 0 Å². The van der Waals surface area contributed by atoms with Gasteiger partial charge in [0.15, 0.2) is 5.13 Å². The van der Waals surface area contributed by atoms with Crippen LogP contribution in [0.3, 0.4) is 0 Å². The first-order valence-corrected chi connectivity index (χ1v) is 9.47. The standard InChI is InChI=1S/C18H18N2OS2/c1-11(2)14-5-4-6-15-16(14)19-18(23-15)20-17(21)12-7-9-13(22-3)10-8-12/h4-11H,1-3H3,(H,19,20,21). The van der Waals surface area contributed by atoms with Crippen LogP contribution in [-0.2, 0) is 0 Å². The lowest BCUT2D eigenvalue weighted by Gasteiger charge is -2.05.